The van der Waals surface area contributed by atoms with Gasteiger partial charge in [-0.05, 0) is 38.9 Å². The lowest BCUT2D eigenvalue weighted by Crippen LogP contribution is -2.40. The third-order valence-electron chi connectivity index (χ3n) is 3.59. The maximum Gasteiger partial charge on any atom is 0.389 e. The second-order valence-electron chi connectivity index (χ2n) is 4.88. The summed E-state index contributed by atoms with van der Waals surface area (Å²) in [7, 11) is 0. The Morgan fingerprint density at radius 3 is 2.11 bits per heavy atom. The molecule has 0 spiro atoms. The van der Waals surface area contributed by atoms with Crippen LogP contribution in [0.5, 0.6) is 0 Å². The number of hydrogen-bond donors (Lipinski definition) is 1. The molecule has 0 aliphatic rings. The first kappa shape index (κ1) is 18.1. The molecule has 110 valence electrons. The van der Waals surface area contributed by atoms with Crippen LogP contribution in [0.25, 0.3) is 0 Å². The monoisotopic (exact) mass is 285 g/mol. The van der Waals surface area contributed by atoms with Gasteiger partial charge in [-0.3, -0.25) is 0 Å². The third-order valence-corrected chi connectivity index (χ3v) is 5.18. The van der Waals surface area contributed by atoms with Gasteiger partial charge in [0.1, 0.15) is 0 Å². The van der Waals surface area contributed by atoms with Crippen LogP contribution >= 0.6 is 11.8 Å². The van der Waals surface area contributed by atoms with Gasteiger partial charge >= 0.3 is 6.18 Å². The Kier molecular flexibility index (Phi) is 8.35. The quantitative estimate of drug-likeness (QED) is 0.663. The smallest absolute Gasteiger partial charge is 0.313 e. The fourth-order valence-electron chi connectivity index (χ4n) is 1.93. The van der Waals surface area contributed by atoms with Crippen molar-refractivity contribution in [1.82, 2.24) is 5.32 Å². The first-order chi connectivity index (χ1) is 8.28. The summed E-state index contributed by atoms with van der Waals surface area (Å²) in [5.41, 5.74) is 0. The maximum atomic E-state index is 12.0. The van der Waals surface area contributed by atoms with Gasteiger partial charge in [0, 0.05) is 23.8 Å². The summed E-state index contributed by atoms with van der Waals surface area (Å²) < 4.78 is 36.3. The minimum Gasteiger partial charge on any atom is -0.313 e. The molecular formula is C13H26F3NS. The Morgan fingerprint density at radius 1 is 1.17 bits per heavy atom. The van der Waals surface area contributed by atoms with Crippen LogP contribution in [0.15, 0.2) is 0 Å². The summed E-state index contributed by atoms with van der Waals surface area (Å²) in [6, 6.07) is 0.150. The Morgan fingerprint density at radius 2 is 1.72 bits per heavy atom. The number of alkyl halides is 3. The van der Waals surface area contributed by atoms with E-state index in [2.05, 4.69) is 25.4 Å². The predicted octanol–water partition coefficient (Wildman–Crippen LogP) is 4.62. The van der Waals surface area contributed by atoms with Crippen molar-refractivity contribution in [3.8, 4) is 0 Å². The molecule has 0 radical (unpaired) electrons. The molecule has 0 saturated heterocycles. The Balaban J connectivity index is 3.91. The van der Waals surface area contributed by atoms with E-state index in [1.165, 1.54) is 0 Å². The molecule has 18 heavy (non-hydrogen) atoms. The van der Waals surface area contributed by atoms with Gasteiger partial charge in [0.05, 0.1) is 0 Å². The summed E-state index contributed by atoms with van der Waals surface area (Å²) in [4.78, 5) is 0. The van der Waals surface area contributed by atoms with Crippen LogP contribution in [-0.4, -0.2) is 29.8 Å². The fourth-order valence-corrected chi connectivity index (χ4v) is 2.74. The van der Waals surface area contributed by atoms with Gasteiger partial charge in [-0.1, -0.05) is 13.8 Å². The lowest BCUT2D eigenvalue weighted by atomic mass is 10.0. The molecule has 0 saturated carbocycles. The summed E-state index contributed by atoms with van der Waals surface area (Å²) in [6.07, 6.45) is 0.353. The topological polar surface area (TPSA) is 12.0 Å². The molecule has 0 heterocycles. The molecule has 1 unspecified atom stereocenters. The zero-order chi connectivity index (χ0) is 14.2. The Hall–Kier alpha value is 0.100. The molecule has 1 nitrogen and oxygen atoms in total. The van der Waals surface area contributed by atoms with E-state index in [1.807, 2.05) is 18.7 Å². The van der Waals surface area contributed by atoms with Crippen molar-refractivity contribution in [2.24, 2.45) is 0 Å². The van der Waals surface area contributed by atoms with E-state index in [0.29, 0.717) is 6.42 Å². The van der Waals surface area contributed by atoms with Crippen LogP contribution in [0.1, 0.15) is 52.9 Å². The zero-order valence-electron chi connectivity index (χ0n) is 11.9. The van der Waals surface area contributed by atoms with Gasteiger partial charge in [0.25, 0.3) is 0 Å². The number of halogens is 3. The first-order valence-electron chi connectivity index (χ1n) is 6.64. The van der Waals surface area contributed by atoms with Gasteiger partial charge in [-0.15, -0.1) is 0 Å². The van der Waals surface area contributed by atoms with Crippen molar-refractivity contribution in [2.45, 2.75) is 69.8 Å². The normalized spacial score (nSPS) is 14.8. The molecule has 0 rings (SSSR count). The van der Waals surface area contributed by atoms with Crippen LogP contribution in [0.4, 0.5) is 13.2 Å². The summed E-state index contributed by atoms with van der Waals surface area (Å²) in [5.74, 6) is 0. The van der Waals surface area contributed by atoms with E-state index in [9.17, 15) is 13.2 Å². The van der Waals surface area contributed by atoms with Crippen LogP contribution in [-0.2, 0) is 0 Å². The third kappa shape index (κ3) is 7.52. The van der Waals surface area contributed by atoms with E-state index < -0.39 is 12.6 Å². The summed E-state index contributed by atoms with van der Waals surface area (Å²) in [5, 5.41) is 3.37. The van der Waals surface area contributed by atoms with Gasteiger partial charge in [-0.25, -0.2) is 0 Å². The van der Waals surface area contributed by atoms with E-state index >= 15 is 0 Å². The molecule has 0 aromatic heterocycles. The molecule has 0 aliphatic carbocycles. The van der Waals surface area contributed by atoms with Gasteiger partial charge < -0.3 is 5.32 Å². The first-order valence-corrected chi connectivity index (χ1v) is 7.86. The zero-order valence-corrected chi connectivity index (χ0v) is 12.7. The molecule has 0 amide bonds. The van der Waals surface area contributed by atoms with Crippen molar-refractivity contribution in [3.63, 3.8) is 0 Å². The predicted molar refractivity (Wildman–Crippen MR) is 74.2 cm³/mol. The SMILES string of the molecule is CCC(CC)(CNC(C)CCCC(F)(F)F)SC. The van der Waals surface area contributed by atoms with Crippen LogP contribution in [0.3, 0.4) is 0 Å². The Bertz CT molecular complexity index is 207. The number of nitrogens with one attached hydrogen (secondary N) is 1. The van der Waals surface area contributed by atoms with E-state index in [-0.39, 0.29) is 17.2 Å². The van der Waals surface area contributed by atoms with Crippen molar-refractivity contribution in [1.29, 1.82) is 0 Å². The van der Waals surface area contributed by atoms with Crippen molar-refractivity contribution in [2.75, 3.05) is 12.8 Å². The van der Waals surface area contributed by atoms with Gasteiger partial charge in [0.2, 0.25) is 0 Å². The van der Waals surface area contributed by atoms with Crippen LogP contribution in [0.2, 0.25) is 0 Å². The maximum absolute atomic E-state index is 12.0. The highest BCUT2D eigenvalue weighted by Gasteiger charge is 2.27. The molecule has 5 heteroatoms. The van der Waals surface area contributed by atoms with Crippen molar-refractivity contribution < 1.29 is 13.2 Å². The molecule has 0 fully saturated rings. The van der Waals surface area contributed by atoms with Gasteiger partial charge in [-0.2, -0.15) is 24.9 Å². The average Bonchev–Trinajstić information content (AvgIpc) is 2.30. The lowest BCUT2D eigenvalue weighted by Gasteiger charge is -2.31. The largest absolute Gasteiger partial charge is 0.389 e. The average molecular weight is 285 g/mol. The van der Waals surface area contributed by atoms with Gasteiger partial charge in [0.15, 0.2) is 0 Å². The number of rotatable bonds is 9. The van der Waals surface area contributed by atoms with Crippen molar-refractivity contribution >= 4 is 11.8 Å². The molecule has 0 aromatic carbocycles. The number of hydrogen-bond acceptors (Lipinski definition) is 2. The molecule has 0 aromatic rings. The van der Waals surface area contributed by atoms with E-state index in [0.717, 1.165) is 19.4 Å². The highest BCUT2D eigenvalue weighted by molar-refractivity contribution is 8.00. The standard InChI is InChI=1S/C13H26F3NS/c1-5-12(6-2,18-4)10-17-11(3)8-7-9-13(14,15)16/h11,17H,5-10H2,1-4H3. The Labute approximate surface area is 113 Å². The highest BCUT2D eigenvalue weighted by atomic mass is 32.2. The molecule has 1 atom stereocenters. The summed E-state index contributed by atoms with van der Waals surface area (Å²) in [6.45, 7) is 7.16. The summed E-state index contributed by atoms with van der Waals surface area (Å²) >= 11 is 1.84. The fraction of sp³-hybridized carbons (Fsp3) is 1.00. The van der Waals surface area contributed by atoms with E-state index in [1.54, 1.807) is 0 Å². The van der Waals surface area contributed by atoms with Crippen molar-refractivity contribution in [3.05, 3.63) is 0 Å². The molecule has 0 aliphatic heterocycles. The molecule has 1 N–H and O–H groups in total. The second-order valence-corrected chi connectivity index (χ2v) is 6.16. The van der Waals surface area contributed by atoms with Crippen LogP contribution in [0, 0.1) is 0 Å². The molecule has 0 bridgehead atoms. The van der Waals surface area contributed by atoms with E-state index in [4.69, 9.17) is 0 Å². The minimum atomic E-state index is -4.02. The number of thioether (sulfide) groups is 1. The highest BCUT2D eigenvalue weighted by Crippen LogP contribution is 2.30. The lowest BCUT2D eigenvalue weighted by molar-refractivity contribution is -0.135. The van der Waals surface area contributed by atoms with Crippen LogP contribution < -0.4 is 5.32 Å². The minimum absolute atomic E-state index is 0.150. The second kappa shape index (κ2) is 8.31. The molecular weight excluding hydrogens is 259 g/mol.